The van der Waals surface area contributed by atoms with Crippen molar-refractivity contribution in [3.05, 3.63) is 53.7 Å². The van der Waals surface area contributed by atoms with E-state index in [-0.39, 0.29) is 11.6 Å². The molecule has 0 atom stereocenters. The van der Waals surface area contributed by atoms with Crippen LogP contribution in [0.4, 0.5) is 8.78 Å². The van der Waals surface area contributed by atoms with E-state index in [2.05, 4.69) is 4.98 Å². The molecule has 88 valence electrons. The van der Waals surface area contributed by atoms with Crippen molar-refractivity contribution in [1.29, 1.82) is 0 Å². The van der Waals surface area contributed by atoms with Crippen molar-refractivity contribution >= 4 is 0 Å². The average molecular weight is 236 g/mol. The number of hydrogen-bond donors (Lipinski definition) is 1. The van der Waals surface area contributed by atoms with Gasteiger partial charge in [0.25, 0.3) is 0 Å². The van der Waals surface area contributed by atoms with E-state index in [1.165, 1.54) is 18.3 Å². The Hall–Kier alpha value is -2.01. The van der Waals surface area contributed by atoms with Crippen molar-refractivity contribution in [2.45, 2.75) is 6.54 Å². The van der Waals surface area contributed by atoms with Gasteiger partial charge in [-0.2, -0.15) is 4.39 Å². The lowest BCUT2D eigenvalue weighted by molar-refractivity contribution is 0.405. The number of pyridine rings is 1. The Labute approximate surface area is 96.9 Å². The third kappa shape index (κ3) is 2.57. The Bertz CT molecular complexity index is 514. The quantitative estimate of drug-likeness (QED) is 0.891. The molecule has 0 saturated heterocycles. The van der Waals surface area contributed by atoms with Gasteiger partial charge < -0.3 is 10.5 Å². The second-order valence-corrected chi connectivity index (χ2v) is 3.36. The van der Waals surface area contributed by atoms with E-state index in [1.54, 1.807) is 12.1 Å². The molecule has 1 aromatic heterocycles. The summed E-state index contributed by atoms with van der Waals surface area (Å²) < 4.78 is 31.3. The summed E-state index contributed by atoms with van der Waals surface area (Å²) in [4.78, 5) is 3.92. The number of ether oxygens (including phenoxy) is 1. The van der Waals surface area contributed by atoms with E-state index >= 15 is 0 Å². The highest BCUT2D eigenvalue weighted by atomic mass is 19.2. The van der Waals surface area contributed by atoms with E-state index < -0.39 is 11.6 Å². The van der Waals surface area contributed by atoms with Crippen LogP contribution in [0, 0.1) is 11.6 Å². The summed E-state index contributed by atoms with van der Waals surface area (Å²) in [5, 5.41) is 0. The van der Waals surface area contributed by atoms with Crippen molar-refractivity contribution in [3.8, 4) is 11.6 Å². The first kappa shape index (κ1) is 11.5. The van der Waals surface area contributed by atoms with Gasteiger partial charge in [0.05, 0.1) is 0 Å². The first-order chi connectivity index (χ1) is 8.20. The van der Waals surface area contributed by atoms with Crippen molar-refractivity contribution in [3.63, 3.8) is 0 Å². The Morgan fingerprint density at radius 1 is 1.18 bits per heavy atom. The minimum atomic E-state index is -1.03. The number of nitrogens with two attached hydrogens (primary N) is 1. The molecule has 0 aliphatic carbocycles. The Morgan fingerprint density at radius 2 is 2.00 bits per heavy atom. The minimum absolute atomic E-state index is 0.187. The summed E-state index contributed by atoms with van der Waals surface area (Å²) >= 11 is 0. The van der Waals surface area contributed by atoms with Crippen LogP contribution in [0.5, 0.6) is 11.6 Å². The monoisotopic (exact) mass is 236 g/mol. The molecule has 5 heteroatoms. The van der Waals surface area contributed by atoms with Gasteiger partial charge in [-0.05, 0) is 17.7 Å². The van der Waals surface area contributed by atoms with Crippen LogP contribution in [0.25, 0.3) is 0 Å². The average Bonchev–Trinajstić information content (AvgIpc) is 2.36. The smallest absolute Gasteiger partial charge is 0.219 e. The van der Waals surface area contributed by atoms with Crippen LogP contribution in [0.2, 0.25) is 0 Å². The van der Waals surface area contributed by atoms with E-state index in [0.29, 0.717) is 6.54 Å². The molecule has 3 nitrogen and oxygen atoms in total. The van der Waals surface area contributed by atoms with Gasteiger partial charge in [-0.15, -0.1) is 0 Å². The van der Waals surface area contributed by atoms with Crippen molar-refractivity contribution in [2.24, 2.45) is 5.73 Å². The number of aromatic nitrogens is 1. The number of hydrogen-bond acceptors (Lipinski definition) is 3. The zero-order valence-electron chi connectivity index (χ0n) is 8.86. The van der Waals surface area contributed by atoms with Crippen LogP contribution in [0.15, 0.2) is 36.5 Å². The summed E-state index contributed by atoms with van der Waals surface area (Å²) in [6, 6.07) is 6.97. The maximum atomic E-state index is 13.3. The molecule has 1 aromatic carbocycles. The third-order valence-electron chi connectivity index (χ3n) is 2.16. The topological polar surface area (TPSA) is 48.1 Å². The molecule has 1 heterocycles. The van der Waals surface area contributed by atoms with Crippen LogP contribution in [0.1, 0.15) is 5.56 Å². The highest BCUT2D eigenvalue weighted by molar-refractivity contribution is 5.29. The molecule has 2 N–H and O–H groups in total. The molecule has 0 fully saturated rings. The normalized spacial score (nSPS) is 10.3. The van der Waals surface area contributed by atoms with E-state index in [4.69, 9.17) is 10.5 Å². The summed E-state index contributed by atoms with van der Waals surface area (Å²) in [7, 11) is 0. The van der Waals surface area contributed by atoms with Gasteiger partial charge in [0, 0.05) is 18.8 Å². The highest BCUT2D eigenvalue weighted by Gasteiger charge is 2.09. The summed E-state index contributed by atoms with van der Waals surface area (Å²) in [6.07, 6.45) is 1.52. The first-order valence-corrected chi connectivity index (χ1v) is 4.97. The minimum Gasteiger partial charge on any atom is -0.436 e. The molecule has 0 unspecified atom stereocenters. The predicted molar refractivity (Wildman–Crippen MR) is 58.6 cm³/mol. The van der Waals surface area contributed by atoms with Crippen molar-refractivity contribution in [1.82, 2.24) is 4.98 Å². The SMILES string of the molecule is NCc1ccc(Oc2cccc(F)c2F)nc1. The fourth-order valence-corrected chi connectivity index (χ4v) is 1.27. The molecule has 17 heavy (non-hydrogen) atoms. The Morgan fingerprint density at radius 3 is 2.65 bits per heavy atom. The van der Waals surface area contributed by atoms with Crippen LogP contribution >= 0.6 is 0 Å². The Balaban J connectivity index is 2.22. The largest absolute Gasteiger partial charge is 0.436 e. The molecule has 0 aliphatic heterocycles. The number of rotatable bonds is 3. The number of benzene rings is 1. The second-order valence-electron chi connectivity index (χ2n) is 3.36. The van der Waals surface area contributed by atoms with Gasteiger partial charge in [0.15, 0.2) is 11.6 Å². The van der Waals surface area contributed by atoms with E-state index in [0.717, 1.165) is 11.6 Å². The van der Waals surface area contributed by atoms with Crippen molar-refractivity contribution in [2.75, 3.05) is 0 Å². The third-order valence-corrected chi connectivity index (χ3v) is 2.16. The molecular weight excluding hydrogens is 226 g/mol. The molecule has 0 amide bonds. The molecule has 0 spiro atoms. The highest BCUT2D eigenvalue weighted by Crippen LogP contribution is 2.24. The van der Waals surface area contributed by atoms with Gasteiger partial charge in [0.1, 0.15) is 0 Å². The van der Waals surface area contributed by atoms with Crippen LogP contribution in [0.3, 0.4) is 0 Å². The predicted octanol–water partition coefficient (Wildman–Crippen LogP) is 2.61. The van der Waals surface area contributed by atoms with Crippen LogP contribution in [-0.2, 0) is 6.54 Å². The molecule has 0 bridgehead atoms. The molecular formula is C12H10F2N2O. The van der Waals surface area contributed by atoms with E-state index in [9.17, 15) is 8.78 Å². The van der Waals surface area contributed by atoms with Crippen LogP contribution < -0.4 is 10.5 Å². The lowest BCUT2D eigenvalue weighted by Crippen LogP contribution is -1.98. The molecule has 2 aromatic rings. The number of halogens is 2. The zero-order chi connectivity index (χ0) is 12.3. The summed E-state index contributed by atoms with van der Waals surface area (Å²) in [6.45, 7) is 0.363. The van der Waals surface area contributed by atoms with Gasteiger partial charge in [0.2, 0.25) is 11.7 Å². The fraction of sp³-hybridized carbons (Fsp3) is 0.0833. The van der Waals surface area contributed by atoms with Gasteiger partial charge in [-0.25, -0.2) is 9.37 Å². The lowest BCUT2D eigenvalue weighted by Gasteiger charge is -2.06. The molecule has 0 saturated carbocycles. The number of nitrogens with zero attached hydrogens (tertiary/aromatic N) is 1. The summed E-state index contributed by atoms with van der Waals surface area (Å²) in [5.74, 6) is -2.00. The summed E-state index contributed by atoms with van der Waals surface area (Å²) in [5.41, 5.74) is 6.24. The maximum absolute atomic E-state index is 13.3. The second kappa shape index (κ2) is 4.88. The maximum Gasteiger partial charge on any atom is 0.219 e. The van der Waals surface area contributed by atoms with Gasteiger partial charge in [-0.3, -0.25) is 0 Å². The lowest BCUT2D eigenvalue weighted by atomic mass is 10.3. The molecule has 0 radical (unpaired) electrons. The van der Waals surface area contributed by atoms with Crippen molar-refractivity contribution < 1.29 is 13.5 Å². The van der Waals surface area contributed by atoms with Crippen LogP contribution in [-0.4, -0.2) is 4.98 Å². The Kier molecular flexibility index (Phi) is 3.30. The molecule has 0 aliphatic rings. The molecule has 2 rings (SSSR count). The van der Waals surface area contributed by atoms with E-state index in [1.807, 2.05) is 0 Å². The zero-order valence-corrected chi connectivity index (χ0v) is 8.86. The fourth-order valence-electron chi connectivity index (χ4n) is 1.27. The van der Waals surface area contributed by atoms with Gasteiger partial charge >= 0.3 is 0 Å². The standard InChI is InChI=1S/C12H10F2N2O/c13-9-2-1-3-10(12(9)14)17-11-5-4-8(6-15)7-16-11/h1-5,7H,6,15H2. The first-order valence-electron chi connectivity index (χ1n) is 4.97. The van der Waals surface area contributed by atoms with Gasteiger partial charge in [-0.1, -0.05) is 12.1 Å².